The van der Waals surface area contributed by atoms with Gasteiger partial charge in [-0.3, -0.25) is 0 Å². The number of halogens is 1. The molecule has 0 saturated heterocycles. The van der Waals surface area contributed by atoms with Crippen molar-refractivity contribution in [2.75, 3.05) is 0 Å². The van der Waals surface area contributed by atoms with Gasteiger partial charge in [-0.15, -0.1) is 0 Å². The standard InChI is InChI=1S/C14H18FNO/c1-3-7-11(10-16)14(17,4-2)12-8-5-6-9-13(12)15/h5-6,8-9,11,17H,3-4,7H2,1-2H3. The summed E-state index contributed by atoms with van der Waals surface area (Å²) in [5, 5.41) is 19.7. The third-order valence-electron chi connectivity index (χ3n) is 3.19. The quantitative estimate of drug-likeness (QED) is 0.850. The van der Waals surface area contributed by atoms with Crippen LogP contribution < -0.4 is 0 Å². The van der Waals surface area contributed by atoms with Crippen molar-refractivity contribution < 1.29 is 9.50 Å². The third kappa shape index (κ3) is 2.65. The van der Waals surface area contributed by atoms with Gasteiger partial charge in [0.2, 0.25) is 0 Å². The van der Waals surface area contributed by atoms with Gasteiger partial charge in [0.05, 0.1) is 12.0 Å². The molecule has 0 radical (unpaired) electrons. The Balaban J connectivity index is 3.20. The lowest BCUT2D eigenvalue weighted by Gasteiger charge is -2.32. The summed E-state index contributed by atoms with van der Waals surface area (Å²) < 4.78 is 13.7. The van der Waals surface area contributed by atoms with Crippen LogP contribution in [0.5, 0.6) is 0 Å². The maximum absolute atomic E-state index is 13.7. The molecule has 92 valence electrons. The minimum atomic E-state index is -1.39. The van der Waals surface area contributed by atoms with Gasteiger partial charge in [0.15, 0.2) is 0 Å². The molecule has 0 spiro atoms. The molecule has 2 atom stereocenters. The maximum Gasteiger partial charge on any atom is 0.129 e. The Morgan fingerprint density at radius 3 is 2.53 bits per heavy atom. The summed E-state index contributed by atoms with van der Waals surface area (Å²) in [6.07, 6.45) is 1.68. The van der Waals surface area contributed by atoms with Crippen LogP contribution in [0.3, 0.4) is 0 Å². The smallest absolute Gasteiger partial charge is 0.129 e. The Morgan fingerprint density at radius 2 is 2.06 bits per heavy atom. The van der Waals surface area contributed by atoms with Crippen LogP contribution in [-0.2, 0) is 5.60 Å². The van der Waals surface area contributed by atoms with Crippen LogP contribution >= 0.6 is 0 Å². The first-order valence-corrected chi connectivity index (χ1v) is 5.97. The maximum atomic E-state index is 13.7. The summed E-state index contributed by atoms with van der Waals surface area (Å²) in [7, 11) is 0. The molecule has 0 saturated carbocycles. The highest BCUT2D eigenvalue weighted by Crippen LogP contribution is 2.36. The predicted molar refractivity (Wildman–Crippen MR) is 64.6 cm³/mol. The summed E-state index contributed by atoms with van der Waals surface area (Å²) in [4.78, 5) is 0. The van der Waals surface area contributed by atoms with E-state index in [4.69, 9.17) is 5.26 Å². The monoisotopic (exact) mass is 235 g/mol. The molecule has 17 heavy (non-hydrogen) atoms. The number of aliphatic hydroxyl groups is 1. The van der Waals surface area contributed by atoms with Crippen LogP contribution in [0, 0.1) is 23.1 Å². The van der Waals surface area contributed by atoms with E-state index in [1.807, 2.05) is 6.92 Å². The number of nitriles is 1. The first-order valence-electron chi connectivity index (χ1n) is 5.97. The van der Waals surface area contributed by atoms with E-state index in [1.54, 1.807) is 25.1 Å². The molecule has 1 rings (SSSR count). The second kappa shape index (κ2) is 5.79. The van der Waals surface area contributed by atoms with Crippen molar-refractivity contribution in [3.8, 4) is 6.07 Å². The van der Waals surface area contributed by atoms with Crippen molar-refractivity contribution >= 4 is 0 Å². The van der Waals surface area contributed by atoms with Gasteiger partial charge in [-0.25, -0.2) is 4.39 Å². The van der Waals surface area contributed by atoms with Crippen LogP contribution in [0.2, 0.25) is 0 Å². The van der Waals surface area contributed by atoms with E-state index in [-0.39, 0.29) is 5.56 Å². The molecule has 2 nitrogen and oxygen atoms in total. The Hall–Kier alpha value is -1.40. The molecule has 1 N–H and O–H groups in total. The average Bonchev–Trinajstić information content (AvgIpc) is 2.35. The minimum absolute atomic E-state index is 0.225. The van der Waals surface area contributed by atoms with Crippen LogP contribution in [0.25, 0.3) is 0 Å². The zero-order chi connectivity index (χ0) is 12.9. The van der Waals surface area contributed by atoms with Gasteiger partial charge in [-0.2, -0.15) is 5.26 Å². The molecule has 2 unspecified atom stereocenters. The van der Waals surface area contributed by atoms with Gasteiger partial charge in [-0.1, -0.05) is 38.5 Å². The van der Waals surface area contributed by atoms with Crippen LogP contribution in [0.15, 0.2) is 24.3 Å². The molecule has 0 fully saturated rings. The van der Waals surface area contributed by atoms with E-state index in [0.29, 0.717) is 12.8 Å². The van der Waals surface area contributed by atoms with Crippen LogP contribution in [-0.4, -0.2) is 5.11 Å². The number of hydrogen-bond donors (Lipinski definition) is 1. The molecule has 1 aromatic carbocycles. The Bertz CT molecular complexity index is 413. The lowest BCUT2D eigenvalue weighted by Crippen LogP contribution is -2.34. The van der Waals surface area contributed by atoms with E-state index in [1.165, 1.54) is 6.07 Å². The molecule has 0 aromatic heterocycles. The van der Waals surface area contributed by atoms with Crippen molar-refractivity contribution in [1.82, 2.24) is 0 Å². The SMILES string of the molecule is CCCC(C#N)C(O)(CC)c1ccccc1F. The van der Waals surface area contributed by atoms with Gasteiger partial charge >= 0.3 is 0 Å². The summed E-state index contributed by atoms with van der Waals surface area (Å²) in [6, 6.07) is 8.23. The van der Waals surface area contributed by atoms with Gasteiger partial charge in [0.1, 0.15) is 11.4 Å². The minimum Gasteiger partial charge on any atom is -0.384 e. The number of benzene rings is 1. The number of nitrogens with zero attached hydrogens (tertiary/aromatic N) is 1. The number of hydrogen-bond acceptors (Lipinski definition) is 2. The van der Waals surface area contributed by atoms with Crippen molar-refractivity contribution in [2.45, 2.75) is 38.7 Å². The molecule has 0 aliphatic heterocycles. The molecular formula is C14H18FNO. The highest BCUT2D eigenvalue weighted by atomic mass is 19.1. The second-order valence-corrected chi connectivity index (χ2v) is 4.23. The van der Waals surface area contributed by atoms with Crippen molar-refractivity contribution in [3.63, 3.8) is 0 Å². The second-order valence-electron chi connectivity index (χ2n) is 4.23. The molecule has 0 amide bonds. The summed E-state index contributed by atoms with van der Waals surface area (Å²) in [6.45, 7) is 3.72. The lowest BCUT2D eigenvalue weighted by molar-refractivity contribution is -0.0130. The zero-order valence-corrected chi connectivity index (χ0v) is 10.3. The Kier molecular flexibility index (Phi) is 4.65. The zero-order valence-electron chi connectivity index (χ0n) is 10.3. The lowest BCUT2D eigenvalue weighted by atomic mass is 9.77. The molecule has 0 heterocycles. The Morgan fingerprint density at radius 1 is 1.41 bits per heavy atom. The van der Waals surface area contributed by atoms with Crippen molar-refractivity contribution in [2.24, 2.45) is 5.92 Å². The van der Waals surface area contributed by atoms with Gasteiger partial charge < -0.3 is 5.11 Å². The predicted octanol–water partition coefficient (Wildman–Crippen LogP) is 3.36. The fraction of sp³-hybridized carbons (Fsp3) is 0.500. The van der Waals surface area contributed by atoms with Gasteiger partial charge in [0, 0.05) is 5.56 Å². The highest BCUT2D eigenvalue weighted by molar-refractivity contribution is 5.27. The highest BCUT2D eigenvalue weighted by Gasteiger charge is 2.38. The Labute approximate surface area is 102 Å². The summed E-state index contributed by atoms with van der Waals surface area (Å²) in [5.74, 6) is -1.03. The van der Waals surface area contributed by atoms with Crippen molar-refractivity contribution in [3.05, 3.63) is 35.6 Å². The normalized spacial score (nSPS) is 15.9. The molecular weight excluding hydrogens is 217 g/mol. The molecule has 3 heteroatoms. The van der Waals surface area contributed by atoms with E-state index in [0.717, 1.165) is 6.42 Å². The number of rotatable bonds is 5. The van der Waals surface area contributed by atoms with Crippen LogP contribution in [0.4, 0.5) is 4.39 Å². The van der Waals surface area contributed by atoms with E-state index in [2.05, 4.69) is 6.07 Å². The van der Waals surface area contributed by atoms with Crippen molar-refractivity contribution in [1.29, 1.82) is 5.26 Å². The average molecular weight is 235 g/mol. The van der Waals surface area contributed by atoms with Gasteiger partial charge in [-0.05, 0) is 18.9 Å². The van der Waals surface area contributed by atoms with E-state index >= 15 is 0 Å². The molecule has 0 aliphatic carbocycles. The third-order valence-corrected chi connectivity index (χ3v) is 3.19. The molecule has 1 aromatic rings. The van der Waals surface area contributed by atoms with Crippen LogP contribution in [0.1, 0.15) is 38.7 Å². The topological polar surface area (TPSA) is 44.0 Å². The first kappa shape index (κ1) is 13.7. The molecule has 0 bridgehead atoms. The van der Waals surface area contributed by atoms with E-state index in [9.17, 15) is 9.50 Å². The fourth-order valence-electron chi connectivity index (χ4n) is 2.14. The molecule has 0 aliphatic rings. The largest absolute Gasteiger partial charge is 0.384 e. The first-order chi connectivity index (χ1) is 8.10. The summed E-state index contributed by atoms with van der Waals surface area (Å²) >= 11 is 0. The van der Waals surface area contributed by atoms with Gasteiger partial charge in [0.25, 0.3) is 0 Å². The summed E-state index contributed by atoms with van der Waals surface area (Å²) in [5.41, 5.74) is -1.17. The van der Waals surface area contributed by atoms with E-state index < -0.39 is 17.3 Å². The fourth-order valence-corrected chi connectivity index (χ4v) is 2.14.